The molecule has 0 aliphatic carbocycles. The first-order valence-electron chi connectivity index (χ1n) is 8.57. The molecule has 6 nitrogen and oxygen atoms in total. The minimum atomic E-state index is -3.50. The number of hydrogen-bond donors (Lipinski definition) is 1. The Hall–Kier alpha value is -2.71. The maximum absolute atomic E-state index is 12.4. The molecule has 0 saturated heterocycles. The van der Waals surface area contributed by atoms with Crippen LogP contribution in [0.3, 0.4) is 0 Å². The molecule has 0 spiro atoms. The molecular formula is C20H19N3O3S2. The van der Waals surface area contributed by atoms with Crippen LogP contribution in [-0.4, -0.2) is 30.0 Å². The van der Waals surface area contributed by atoms with E-state index in [1.54, 1.807) is 48.8 Å². The highest BCUT2D eigenvalue weighted by molar-refractivity contribution is 7.99. The van der Waals surface area contributed by atoms with Crippen molar-refractivity contribution in [3.05, 3.63) is 72.6 Å². The van der Waals surface area contributed by atoms with Gasteiger partial charge in [0.2, 0.25) is 5.91 Å². The number of hydrogen-bond acceptors (Lipinski definition) is 6. The monoisotopic (exact) mass is 413 g/mol. The summed E-state index contributed by atoms with van der Waals surface area (Å²) in [5, 5.41) is 4.20. The van der Waals surface area contributed by atoms with Crippen molar-refractivity contribution in [3.8, 4) is 0 Å². The fraction of sp³-hybridized carbons (Fsp3) is 0.150. The van der Waals surface area contributed by atoms with Gasteiger partial charge in [0.25, 0.3) is 0 Å². The van der Waals surface area contributed by atoms with E-state index in [2.05, 4.69) is 15.3 Å². The van der Waals surface area contributed by atoms with Crippen LogP contribution < -0.4 is 5.32 Å². The summed E-state index contributed by atoms with van der Waals surface area (Å²) in [6.45, 7) is 1.89. The molecule has 1 amide bonds. The predicted molar refractivity (Wildman–Crippen MR) is 109 cm³/mol. The van der Waals surface area contributed by atoms with E-state index < -0.39 is 9.84 Å². The van der Waals surface area contributed by atoms with Crippen molar-refractivity contribution in [1.82, 2.24) is 9.97 Å². The number of pyridine rings is 2. The average molecular weight is 414 g/mol. The van der Waals surface area contributed by atoms with Crippen molar-refractivity contribution < 1.29 is 13.2 Å². The SMILES string of the molecule is Cc1ccc(S(=O)(=O)CCC(=O)Nc2ccnc(Sc3ccccn3)c2)cc1. The average Bonchev–Trinajstić information content (AvgIpc) is 2.68. The standard InChI is InChI=1S/C20H19N3O3S2/c1-15-5-7-17(8-6-15)28(25,26)13-10-18(24)23-16-9-12-22-20(14-16)27-19-4-2-3-11-21-19/h2-9,11-12,14H,10,13H2,1H3,(H,22,23,24). The zero-order valence-corrected chi connectivity index (χ0v) is 16.8. The second-order valence-corrected chi connectivity index (χ2v) is 9.23. The molecule has 0 atom stereocenters. The third kappa shape index (κ3) is 5.64. The summed E-state index contributed by atoms with van der Waals surface area (Å²) >= 11 is 1.38. The van der Waals surface area contributed by atoms with Crippen molar-refractivity contribution in [2.24, 2.45) is 0 Å². The number of aryl methyl sites for hydroxylation is 1. The largest absolute Gasteiger partial charge is 0.326 e. The number of carbonyl (C=O) groups excluding carboxylic acids is 1. The first-order valence-corrected chi connectivity index (χ1v) is 11.0. The van der Waals surface area contributed by atoms with Crippen LogP contribution in [0.25, 0.3) is 0 Å². The number of aromatic nitrogens is 2. The van der Waals surface area contributed by atoms with Crippen LogP contribution in [0, 0.1) is 6.92 Å². The summed E-state index contributed by atoms with van der Waals surface area (Å²) in [6, 6.07) is 15.6. The van der Waals surface area contributed by atoms with E-state index in [9.17, 15) is 13.2 Å². The van der Waals surface area contributed by atoms with Crippen LogP contribution in [0.15, 0.2) is 81.9 Å². The van der Waals surface area contributed by atoms with Gasteiger partial charge in [0.15, 0.2) is 9.84 Å². The van der Waals surface area contributed by atoms with Crippen LogP contribution in [-0.2, 0) is 14.6 Å². The molecule has 28 heavy (non-hydrogen) atoms. The van der Waals surface area contributed by atoms with E-state index >= 15 is 0 Å². The number of nitrogens with zero attached hydrogens (tertiary/aromatic N) is 2. The third-order valence-corrected chi connectivity index (χ3v) is 6.46. The number of amides is 1. The van der Waals surface area contributed by atoms with Crippen molar-refractivity contribution in [2.45, 2.75) is 28.3 Å². The van der Waals surface area contributed by atoms with Gasteiger partial charge in [-0.25, -0.2) is 18.4 Å². The number of anilines is 1. The molecule has 0 bridgehead atoms. The zero-order chi connectivity index (χ0) is 20.0. The second kappa shape index (κ2) is 8.99. The molecule has 3 rings (SSSR count). The number of nitrogens with one attached hydrogen (secondary N) is 1. The van der Waals surface area contributed by atoms with Crippen LogP contribution >= 0.6 is 11.8 Å². The van der Waals surface area contributed by atoms with Crippen LogP contribution in [0.5, 0.6) is 0 Å². The van der Waals surface area contributed by atoms with Gasteiger partial charge in [-0.3, -0.25) is 4.79 Å². The summed E-state index contributed by atoms with van der Waals surface area (Å²) < 4.78 is 24.7. The lowest BCUT2D eigenvalue weighted by molar-refractivity contribution is -0.115. The fourth-order valence-electron chi connectivity index (χ4n) is 2.37. The molecule has 0 saturated carbocycles. The van der Waals surface area contributed by atoms with Crippen molar-refractivity contribution in [1.29, 1.82) is 0 Å². The van der Waals surface area contributed by atoms with E-state index in [-0.39, 0.29) is 23.0 Å². The Kier molecular flexibility index (Phi) is 6.43. The topological polar surface area (TPSA) is 89.0 Å². The Balaban J connectivity index is 1.59. The summed E-state index contributed by atoms with van der Waals surface area (Å²) in [4.78, 5) is 20.9. The van der Waals surface area contributed by atoms with E-state index in [1.807, 2.05) is 25.1 Å². The van der Waals surface area contributed by atoms with Gasteiger partial charge in [0.1, 0.15) is 10.1 Å². The molecular weight excluding hydrogens is 394 g/mol. The van der Waals surface area contributed by atoms with Crippen LogP contribution in [0.4, 0.5) is 5.69 Å². The molecule has 0 aliphatic rings. The number of benzene rings is 1. The Morgan fingerprint density at radius 3 is 2.46 bits per heavy atom. The number of carbonyl (C=O) groups is 1. The van der Waals surface area contributed by atoms with Gasteiger partial charge in [-0.2, -0.15) is 0 Å². The lowest BCUT2D eigenvalue weighted by Crippen LogP contribution is -2.17. The molecule has 0 fully saturated rings. The first-order chi connectivity index (χ1) is 13.4. The molecule has 0 aliphatic heterocycles. The minimum absolute atomic E-state index is 0.124. The summed E-state index contributed by atoms with van der Waals surface area (Å²) in [5.41, 5.74) is 1.54. The normalized spacial score (nSPS) is 11.2. The fourth-order valence-corrected chi connectivity index (χ4v) is 4.39. The summed E-state index contributed by atoms with van der Waals surface area (Å²) in [6.07, 6.45) is 3.16. The predicted octanol–water partition coefficient (Wildman–Crippen LogP) is 3.74. The highest BCUT2D eigenvalue weighted by Crippen LogP contribution is 2.25. The Labute approximate surface area is 168 Å². The highest BCUT2D eigenvalue weighted by atomic mass is 32.2. The second-order valence-electron chi connectivity index (χ2n) is 6.08. The Morgan fingerprint density at radius 1 is 1.00 bits per heavy atom. The van der Waals surface area contributed by atoms with Crippen LogP contribution in [0.1, 0.15) is 12.0 Å². The molecule has 8 heteroatoms. The van der Waals surface area contributed by atoms with Gasteiger partial charge in [-0.15, -0.1) is 0 Å². The number of rotatable bonds is 7. The van der Waals surface area contributed by atoms with Gasteiger partial charge >= 0.3 is 0 Å². The summed E-state index contributed by atoms with van der Waals surface area (Å²) in [7, 11) is -3.50. The Morgan fingerprint density at radius 2 is 1.75 bits per heavy atom. The molecule has 144 valence electrons. The quantitative estimate of drug-likeness (QED) is 0.635. The van der Waals surface area contributed by atoms with E-state index in [0.29, 0.717) is 10.7 Å². The maximum atomic E-state index is 12.4. The summed E-state index contributed by atoms with van der Waals surface area (Å²) in [5.74, 6) is -0.613. The Bertz CT molecular complexity index is 1050. The van der Waals surface area contributed by atoms with Crippen molar-refractivity contribution in [3.63, 3.8) is 0 Å². The molecule has 2 aromatic heterocycles. The van der Waals surface area contributed by atoms with Crippen molar-refractivity contribution >= 4 is 33.2 Å². The maximum Gasteiger partial charge on any atom is 0.225 e. The van der Waals surface area contributed by atoms with Gasteiger partial charge in [0.05, 0.1) is 10.6 Å². The van der Waals surface area contributed by atoms with E-state index in [0.717, 1.165) is 10.6 Å². The lowest BCUT2D eigenvalue weighted by atomic mass is 10.2. The van der Waals surface area contributed by atoms with E-state index in [4.69, 9.17) is 0 Å². The molecule has 1 aromatic carbocycles. The lowest BCUT2D eigenvalue weighted by Gasteiger charge is -2.08. The van der Waals surface area contributed by atoms with Gasteiger partial charge in [-0.05, 0) is 43.3 Å². The minimum Gasteiger partial charge on any atom is -0.326 e. The molecule has 0 unspecified atom stereocenters. The van der Waals surface area contributed by atoms with Crippen molar-refractivity contribution in [2.75, 3.05) is 11.1 Å². The number of sulfone groups is 1. The molecule has 3 aromatic rings. The van der Waals surface area contributed by atoms with Gasteiger partial charge in [-0.1, -0.05) is 35.5 Å². The van der Waals surface area contributed by atoms with Crippen LogP contribution in [0.2, 0.25) is 0 Å². The first kappa shape index (κ1) is 20.0. The zero-order valence-electron chi connectivity index (χ0n) is 15.2. The molecule has 0 radical (unpaired) electrons. The van der Waals surface area contributed by atoms with Gasteiger partial charge < -0.3 is 5.32 Å². The molecule has 2 heterocycles. The van der Waals surface area contributed by atoms with E-state index in [1.165, 1.54) is 11.8 Å². The molecule has 1 N–H and O–H groups in total. The smallest absolute Gasteiger partial charge is 0.225 e. The van der Waals surface area contributed by atoms with Gasteiger partial charge in [0, 0.05) is 24.5 Å². The highest BCUT2D eigenvalue weighted by Gasteiger charge is 2.16. The third-order valence-electron chi connectivity index (χ3n) is 3.84.